The van der Waals surface area contributed by atoms with Crippen molar-refractivity contribution in [2.45, 2.75) is 6.42 Å². The maximum absolute atomic E-state index is 2.18. The molecule has 43 valence electrons. The molecule has 0 nitrogen and oxygen atoms in total. The first-order valence-electron chi connectivity index (χ1n) is 1.97. The minimum absolute atomic E-state index is 0. The van der Waals surface area contributed by atoms with Crippen LogP contribution in [0.3, 0.4) is 0 Å². The van der Waals surface area contributed by atoms with Crippen molar-refractivity contribution in [1.82, 2.24) is 0 Å². The van der Waals surface area contributed by atoms with Gasteiger partial charge in [0.05, 0.1) is 0 Å². The molecule has 0 aromatic carbocycles. The third kappa shape index (κ3) is 3.25. The Bertz CT molecular complexity index is 107. The van der Waals surface area contributed by atoms with Crippen LogP contribution in [0.25, 0.3) is 0 Å². The van der Waals surface area contributed by atoms with E-state index < -0.39 is 0 Å². The topological polar surface area (TPSA) is 0 Å². The van der Waals surface area contributed by atoms with Crippen LogP contribution >= 0.6 is 0 Å². The van der Waals surface area contributed by atoms with E-state index in [1.807, 2.05) is 0 Å². The standard InChI is InChI=1S/C5H5.2FH.Zr/c1-2-4-5-3-1;;;/h1-3H,4H2;2*1H;/q;;;+2/p-2. The fourth-order valence-corrected chi connectivity index (χ4v) is 0.973. The first-order chi connectivity index (χ1) is 2.89. The summed E-state index contributed by atoms with van der Waals surface area (Å²) in [4.78, 5) is 0. The van der Waals surface area contributed by atoms with E-state index in [-0.39, 0.29) is 9.41 Å². The summed E-state index contributed by atoms with van der Waals surface area (Å²) in [6.07, 6.45) is 7.69. The molecule has 0 saturated heterocycles. The second kappa shape index (κ2) is 5.36. The van der Waals surface area contributed by atoms with E-state index >= 15 is 0 Å². The quantitative estimate of drug-likeness (QED) is 0.364. The molecule has 0 spiro atoms. The molecule has 1 aliphatic rings. The van der Waals surface area contributed by atoms with Crippen molar-refractivity contribution in [1.29, 1.82) is 0 Å². The monoisotopic (exact) mass is 193 g/mol. The Morgan fingerprint density at radius 3 is 2.12 bits per heavy atom. The molecule has 0 amide bonds. The van der Waals surface area contributed by atoms with Crippen LogP contribution in [0.1, 0.15) is 6.42 Å². The Labute approximate surface area is 62.2 Å². The van der Waals surface area contributed by atoms with Gasteiger partial charge in [0.1, 0.15) is 0 Å². The fraction of sp³-hybridized carbons (Fsp3) is 0.200. The van der Waals surface area contributed by atoms with Gasteiger partial charge in [0.15, 0.2) is 0 Å². The average Bonchev–Trinajstić information content (AvgIpc) is 1.86. The molecular formula is C5H5F2Zr. The van der Waals surface area contributed by atoms with Crippen LogP contribution in [0.4, 0.5) is 0 Å². The predicted octanol–water partition coefficient (Wildman–Crippen LogP) is -4.61. The van der Waals surface area contributed by atoms with Gasteiger partial charge in [-0.25, -0.2) is 0 Å². The number of hydrogen-bond acceptors (Lipinski definition) is 0. The maximum atomic E-state index is 2.18. The minimum atomic E-state index is 0. The average molecular weight is 194 g/mol. The molecule has 0 unspecified atom stereocenters. The molecule has 0 radical (unpaired) electrons. The molecule has 0 atom stereocenters. The van der Waals surface area contributed by atoms with Crippen molar-refractivity contribution in [3.63, 3.8) is 0 Å². The van der Waals surface area contributed by atoms with Crippen LogP contribution in [0.5, 0.6) is 0 Å². The van der Waals surface area contributed by atoms with Gasteiger partial charge in [-0.3, -0.25) is 0 Å². The summed E-state index contributed by atoms with van der Waals surface area (Å²) < 4.78 is 1.56. The van der Waals surface area contributed by atoms with Crippen LogP contribution in [-0.2, 0) is 24.7 Å². The summed E-state index contributed by atoms with van der Waals surface area (Å²) in [6.45, 7) is 0. The van der Waals surface area contributed by atoms with Gasteiger partial charge < -0.3 is 9.41 Å². The van der Waals surface area contributed by atoms with E-state index in [4.69, 9.17) is 0 Å². The van der Waals surface area contributed by atoms with E-state index in [9.17, 15) is 0 Å². The molecule has 0 fully saturated rings. The van der Waals surface area contributed by atoms with E-state index in [1.54, 1.807) is 28.0 Å². The Balaban J connectivity index is 0. The summed E-state index contributed by atoms with van der Waals surface area (Å²) >= 11 is 1.56. The van der Waals surface area contributed by atoms with Gasteiger partial charge in [-0.15, -0.1) is 0 Å². The molecule has 0 heterocycles. The summed E-state index contributed by atoms with van der Waals surface area (Å²) in [5.74, 6) is 0. The Morgan fingerprint density at radius 1 is 1.38 bits per heavy atom. The van der Waals surface area contributed by atoms with Crippen LogP contribution in [0.2, 0.25) is 0 Å². The molecule has 1 aliphatic carbocycles. The molecule has 0 N–H and O–H groups in total. The van der Waals surface area contributed by atoms with Crippen LogP contribution in [0, 0.1) is 0 Å². The fourth-order valence-electron chi connectivity index (χ4n) is 0.447. The van der Waals surface area contributed by atoms with Gasteiger partial charge in [-0.1, -0.05) is 0 Å². The van der Waals surface area contributed by atoms with Gasteiger partial charge in [0.2, 0.25) is 0 Å². The normalized spacial score (nSPS) is 14.0. The van der Waals surface area contributed by atoms with Crippen molar-refractivity contribution in [3.8, 4) is 0 Å². The first kappa shape index (κ1) is 11.1. The van der Waals surface area contributed by atoms with E-state index in [0.717, 1.165) is 0 Å². The Morgan fingerprint density at radius 2 is 2.00 bits per heavy atom. The number of allylic oxidation sites excluding steroid dienone is 4. The molecule has 1 rings (SSSR count). The van der Waals surface area contributed by atoms with E-state index in [1.165, 1.54) is 6.42 Å². The van der Waals surface area contributed by atoms with Crippen molar-refractivity contribution in [2.24, 2.45) is 0 Å². The van der Waals surface area contributed by atoms with Crippen LogP contribution in [-0.4, -0.2) is 0 Å². The van der Waals surface area contributed by atoms with Crippen LogP contribution in [0.15, 0.2) is 21.5 Å². The Hall–Kier alpha value is 0.223. The molecular weight excluding hydrogens is 189 g/mol. The van der Waals surface area contributed by atoms with Crippen molar-refractivity contribution in [2.75, 3.05) is 0 Å². The van der Waals surface area contributed by atoms with Gasteiger partial charge >= 0.3 is 52.6 Å². The summed E-state index contributed by atoms with van der Waals surface area (Å²) in [6, 6.07) is 0. The molecule has 0 aromatic heterocycles. The third-order valence-corrected chi connectivity index (χ3v) is 1.68. The molecule has 0 aromatic rings. The predicted molar refractivity (Wildman–Crippen MR) is 21.8 cm³/mol. The van der Waals surface area contributed by atoms with Crippen molar-refractivity contribution < 1.29 is 34.1 Å². The van der Waals surface area contributed by atoms with E-state index in [2.05, 4.69) is 18.2 Å². The van der Waals surface area contributed by atoms with Gasteiger partial charge in [-0.2, -0.15) is 0 Å². The van der Waals surface area contributed by atoms with Gasteiger partial charge in [0.25, 0.3) is 0 Å². The van der Waals surface area contributed by atoms with Crippen molar-refractivity contribution >= 4 is 0 Å². The zero-order valence-electron chi connectivity index (χ0n) is 4.20. The first-order valence-corrected chi connectivity index (χ1v) is 3.20. The molecule has 8 heavy (non-hydrogen) atoms. The number of hydrogen-bond donors (Lipinski definition) is 0. The number of halogens is 2. The zero-order valence-corrected chi connectivity index (χ0v) is 6.65. The van der Waals surface area contributed by atoms with Gasteiger partial charge in [0, 0.05) is 0 Å². The summed E-state index contributed by atoms with van der Waals surface area (Å²) in [5, 5.41) is 0. The number of rotatable bonds is 0. The summed E-state index contributed by atoms with van der Waals surface area (Å²) in [5.41, 5.74) is 0. The van der Waals surface area contributed by atoms with Crippen LogP contribution < -0.4 is 9.41 Å². The molecule has 3 heteroatoms. The van der Waals surface area contributed by atoms with Crippen molar-refractivity contribution in [3.05, 3.63) is 21.5 Å². The zero-order chi connectivity index (χ0) is 4.41. The second-order valence-electron chi connectivity index (χ2n) is 1.32. The summed E-state index contributed by atoms with van der Waals surface area (Å²) in [7, 11) is 0. The molecule has 0 aliphatic heterocycles. The SMILES string of the molecule is [F-].[F-].[Zr+2][C]1=CC=CC1. The molecule has 0 saturated carbocycles. The molecule has 0 bridgehead atoms. The third-order valence-electron chi connectivity index (χ3n) is 0.771. The Kier molecular flexibility index (Phi) is 7.42. The second-order valence-corrected chi connectivity index (χ2v) is 2.90. The van der Waals surface area contributed by atoms with Gasteiger partial charge in [-0.05, 0) is 0 Å². The van der Waals surface area contributed by atoms with E-state index in [0.29, 0.717) is 0 Å².